The van der Waals surface area contributed by atoms with Gasteiger partial charge in [-0.15, -0.1) is 0 Å². The van der Waals surface area contributed by atoms with Gasteiger partial charge < -0.3 is 14.7 Å². The van der Waals surface area contributed by atoms with Gasteiger partial charge in [0.2, 0.25) is 0 Å². The van der Waals surface area contributed by atoms with Crippen LogP contribution in [0.4, 0.5) is 5.69 Å². The van der Waals surface area contributed by atoms with E-state index in [4.69, 9.17) is 9.84 Å². The maximum Gasteiger partial charge on any atom is 0.305 e. The normalized spacial score (nSPS) is 10.4. The first-order chi connectivity index (χ1) is 8.52. The summed E-state index contributed by atoms with van der Waals surface area (Å²) in [5, 5.41) is 8.79. The topological polar surface area (TPSA) is 49.8 Å². The smallest absolute Gasteiger partial charge is 0.305 e. The van der Waals surface area contributed by atoms with Crippen LogP contribution in [0.3, 0.4) is 0 Å². The Kier molecular flexibility index (Phi) is 5.49. The van der Waals surface area contributed by atoms with Crippen LogP contribution in [0.1, 0.15) is 20.3 Å². The Hall–Kier alpha value is -1.71. The van der Waals surface area contributed by atoms with E-state index >= 15 is 0 Å². The van der Waals surface area contributed by atoms with Gasteiger partial charge in [-0.05, 0) is 18.1 Å². The molecule has 0 fully saturated rings. The van der Waals surface area contributed by atoms with Crippen molar-refractivity contribution in [3.8, 4) is 5.75 Å². The van der Waals surface area contributed by atoms with Gasteiger partial charge in [0.1, 0.15) is 5.75 Å². The summed E-state index contributed by atoms with van der Waals surface area (Å²) < 4.78 is 5.19. The number of hydrogen-bond donors (Lipinski definition) is 1. The molecule has 0 aliphatic carbocycles. The van der Waals surface area contributed by atoms with E-state index in [2.05, 4.69) is 18.7 Å². The maximum atomic E-state index is 10.7. The minimum absolute atomic E-state index is 0.143. The largest absolute Gasteiger partial charge is 0.497 e. The van der Waals surface area contributed by atoms with Crippen LogP contribution in [0.25, 0.3) is 0 Å². The van der Waals surface area contributed by atoms with Crippen molar-refractivity contribution < 1.29 is 14.6 Å². The number of carbonyl (C=O) groups is 1. The maximum absolute atomic E-state index is 10.7. The van der Waals surface area contributed by atoms with Crippen LogP contribution in [-0.4, -0.2) is 31.3 Å². The second-order valence-corrected chi connectivity index (χ2v) is 4.69. The molecule has 1 aromatic rings. The molecule has 4 nitrogen and oxygen atoms in total. The lowest BCUT2D eigenvalue weighted by atomic mass is 10.1. The molecule has 0 spiro atoms. The molecule has 100 valence electrons. The molecule has 18 heavy (non-hydrogen) atoms. The van der Waals surface area contributed by atoms with E-state index in [-0.39, 0.29) is 6.42 Å². The van der Waals surface area contributed by atoms with Gasteiger partial charge >= 0.3 is 5.97 Å². The van der Waals surface area contributed by atoms with Crippen molar-refractivity contribution >= 4 is 11.7 Å². The second-order valence-electron chi connectivity index (χ2n) is 4.69. The Labute approximate surface area is 108 Å². The summed E-state index contributed by atoms with van der Waals surface area (Å²) in [7, 11) is 1.63. The van der Waals surface area contributed by atoms with Gasteiger partial charge in [0, 0.05) is 24.8 Å². The first kappa shape index (κ1) is 14.4. The van der Waals surface area contributed by atoms with Crippen molar-refractivity contribution in [3.63, 3.8) is 0 Å². The van der Waals surface area contributed by atoms with Crippen molar-refractivity contribution in [2.45, 2.75) is 20.3 Å². The predicted octanol–water partition coefficient (Wildman–Crippen LogP) is 2.63. The zero-order valence-electron chi connectivity index (χ0n) is 11.2. The molecule has 0 bridgehead atoms. The van der Waals surface area contributed by atoms with Crippen LogP contribution < -0.4 is 9.64 Å². The Morgan fingerprint density at radius 1 is 1.44 bits per heavy atom. The fraction of sp³-hybridized carbons (Fsp3) is 0.500. The fourth-order valence-corrected chi connectivity index (χ4v) is 1.80. The first-order valence-electron chi connectivity index (χ1n) is 6.13. The lowest BCUT2D eigenvalue weighted by Crippen LogP contribution is -2.29. The highest BCUT2D eigenvalue weighted by Gasteiger charge is 2.11. The molecule has 1 aromatic carbocycles. The van der Waals surface area contributed by atoms with Crippen molar-refractivity contribution in [1.82, 2.24) is 0 Å². The molecule has 0 amide bonds. The average Bonchev–Trinajstić information content (AvgIpc) is 2.34. The molecule has 0 heterocycles. The zero-order valence-corrected chi connectivity index (χ0v) is 11.2. The third-order valence-corrected chi connectivity index (χ3v) is 2.60. The van der Waals surface area contributed by atoms with Gasteiger partial charge in [-0.3, -0.25) is 4.79 Å². The molecule has 1 rings (SSSR count). The number of carboxylic acid groups (broad SMARTS) is 1. The summed E-state index contributed by atoms with van der Waals surface area (Å²) in [6.07, 6.45) is 0.143. The summed E-state index contributed by atoms with van der Waals surface area (Å²) in [5.41, 5.74) is 1.00. The number of rotatable bonds is 7. The summed E-state index contributed by atoms with van der Waals surface area (Å²) in [5.74, 6) is 0.494. The lowest BCUT2D eigenvalue weighted by Gasteiger charge is -2.26. The molecule has 0 saturated heterocycles. The molecule has 0 atom stereocenters. The predicted molar refractivity (Wildman–Crippen MR) is 72.3 cm³/mol. The average molecular weight is 251 g/mol. The number of hydrogen-bond acceptors (Lipinski definition) is 3. The quantitative estimate of drug-likeness (QED) is 0.809. The van der Waals surface area contributed by atoms with E-state index in [9.17, 15) is 4.79 Å². The van der Waals surface area contributed by atoms with Gasteiger partial charge in [0.15, 0.2) is 0 Å². The van der Waals surface area contributed by atoms with Crippen LogP contribution in [0.15, 0.2) is 24.3 Å². The zero-order chi connectivity index (χ0) is 13.5. The van der Waals surface area contributed by atoms with Crippen LogP contribution in [-0.2, 0) is 4.79 Å². The van der Waals surface area contributed by atoms with E-state index in [0.717, 1.165) is 18.0 Å². The van der Waals surface area contributed by atoms with Gasteiger partial charge in [-0.1, -0.05) is 19.9 Å². The number of benzene rings is 1. The van der Waals surface area contributed by atoms with Crippen molar-refractivity contribution in [3.05, 3.63) is 24.3 Å². The monoisotopic (exact) mass is 251 g/mol. The Morgan fingerprint density at radius 2 is 2.17 bits per heavy atom. The molecule has 0 radical (unpaired) electrons. The molecule has 4 heteroatoms. The highest BCUT2D eigenvalue weighted by molar-refractivity contribution is 5.67. The van der Waals surface area contributed by atoms with Crippen molar-refractivity contribution in [2.75, 3.05) is 25.1 Å². The summed E-state index contributed by atoms with van der Waals surface area (Å²) in [4.78, 5) is 12.8. The minimum Gasteiger partial charge on any atom is -0.497 e. The third-order valence-electron chi connectivity index (χ3n) is 2.60. The van der Waals surface area contributed by atoms with Crippen LogP contribution in [0.2, 0.25) is 0 Å². The van der Waals surface area contributed by atoms with E-state index < -0.39 is 5.97 Å². The standard InChI is InChI=1S/C14H21NO3/c1-11(2)10-15(8-7-14(16)17)12-5-4-6-13(9-12)18-3/h4-6,9,11H,7-8,10H2,1-3H3,(H,16,17). The molecule has 0 aromatic heterocycles. The van der Waals surface area contributed by atoms with E-state index in [1.165, 1.54) is 0 Å². The first-order valence-corrected chi connectivity index (χ1v) is 6.13. The van der Waals surface area contributed by atoms with Crippen LogP contribution in [0, 0.1) is 5.92 Å². The van der Waals surface area contributed by atoms with E-state index in [1.807, 2.05) is 24.3 Å². The Morgan fingerprint density at radius 3 is 2.72 bits per heavy atom. The van der Waals surface area contributed by atoms with Gasteiger partial charge in [-0.2, -0.15) is 0 Å². The number of carboxylic acids is 1. The molecule has 1 N–H and O–H groups in total. The highest BCUT2D eigenvalue weighted by atomic mass is 16.5. The molecule has 0 aliphatic heterocycles. The van der Waals surface area contributed by atoms with Gasteiger partial charge in [0.05, 0.1) is 13.5 Å². The highest BCUT2D eigenvalue weighted by Crippen LogP contribution is 2.22. The van der Waals surface area contributed by atoms with Crippen LogP contribution >= 0.6 is 0 Å². The van der Waals surface area contributed by atoms with E-state index in [1.54, 1.807) is 7.11 Å². The summed E-state index contributed by atoms with van der Waals surface area (Å²) in [6, 6.07) is 7.72. The number of anilines is 1. The van der Waals surface area contributed by atoms with Gasteiger partial charge in [-0.25, -0.2) is 0 Å². The Balaban J connectivity index is 2.82. The SMILES string of the molecule is COc1cccc(N(CCC(=O)O)CC(C)C)c1. The molecule has 0 unspecified atom stereocenters. The van der Waals surface area contributed by atoms with Gasteiger partial charge in [0.25, 0.3) is 0 Å². The fourth-order valence-electron chi connectivity index (χ4n) is 1.80. The third kappa shape index (κ3) is 4.65. The Bertz CT molecular complexity index is 390. The minimum atomic E-state index is -0.772. The molecule has 0 saturated carbocycles. The number of methoxy groups -OCH3 is 1. The number of ether oxygens (including phenoxy) is 1. The molecular formula is C14H21NO3. The molecular weight excluding hydrogens is 230 g/mol. The number of aliphatic carboxylic acids is 1. The summed E-state index contributed by atoms with van der Waals surface area (Å²) >= 11 is 0. The lowest BCUT2D eigenvalue weighted by molar-refractivity contribution is -0.136. The second kappa shape index (κ2) is 6.89. The van der Waals surface area contributed by atoms with Crippen LogP contribution in [0.5, 0.6) is 5.75 Å². The van der Waals surface area contributed by atoms with Crippen molar-refractivity contribution in [2.24, 2.45) is 5.92 Å². The summed E-state index contributed by atoms with van der Waals surface area (Å²) in [6.45, 7) is 5.59. The van der Waals surface area contributed by atoms with E-state index in [0.29, 0.717) is 12.5 Å². The van der Waals surface area contributed by atoms with Crippen molar-refractivity contribution in [1.29, 1.82) is 0 Å². The number of nitrogens with zero attached hydrogens (tertiary/aromatic N) is 1. The molecule has 0 aliphatic rings.